The molecule has 5 nitrogen and oxygen atoms in total. The Morgan fingerprint density at radius 1 is 0.963 bits per heavy atom. The molecule has 0 bridgehead atoms. The Morgan fingerprint density at radius 3 is 2.30 bits per heavy atom. The minimum Gasteiger partial charge on any atom is -0.456 e. The van der Waals surface area contributed by atoms with E-state index in [4.69, 9.17) is 4.74 Å². The number of benzene rings is 2. The minimum atomic E-state index is -0.855. The molecule has 0 aliphatic rings. The Labute approximate surface area is 159 Å². The van der Waals surface area contributed by atoms with Crippen LogP contribution in [-0.2, 0) is 9.53 Å². The van der Waals surface area contributed by atoms with E-state index in [1.807, 2.05) is 45.9 Å². The lowest BCUT2D eigenvalue weighted by molar-refractivity contribution is -0.144. The molecule has 0 radical (unpaired) electrons. The van der Waals surface area contributed by atoms with E-state index in [2.05, 4.69) is 5.32 Å². The van der Waals surface area contributed by atoms with Crippen LogP contribution in [0.5, 0.6) is 0 Å². The third-order valence-electron chi connectivity index (χ3n) is 4.47. The molecule has 0 saturated carbocycles. The molecule has 1 N–H and O–H groups in total. The zero-order chi connectivity index (χ0) is 20.1. The average molecular weight is 367 g/mol. The molecule has 0 saturated heterocycles. The van der Waals surface area contributed by atoms with Crippen LogP contribution in [0.3, 0.4) is 0 Å². The van der Waals surface area contributed by atoms with Gasteiger partial charge in [0, 0.05) is 11.1 Å². The molecule has 2 aromatic carbocycles. The fourth-order valence-corrected chi connectivity index (χ4v) is 2.73. The lowest BCUT2D eigenvalue weighted by Gasteiger charge is -2.14. The third kappa shape index (κ3) is 5.26. The van der Waals surface area contributed by atoms with Crippen molar-refractivity contribution in [3.05, 3.63) is 69.8 Å². The first kappa shape index (κ1) is 20.4. The minimum absolute atomic E-state index is 0.263. The molecular formula is C22H25NO4. The summed E-state index contributed by atoms with van der Waals surface area (Å²) in [4.78, 5) is 36.7. The molecular weight excluding hydrogens is 342 g/mol. The van der Waals surface area contributed by atoms with E-state index < -0.39 is 12.0 Å². The van der Waals surface area contributed by atoms with E-state index in [9.17, 15) is 14.4 Å². The van der Waals surface area contributed by atoms with E-state index >= 15 is 0 Å². The van der Waals surface area contributed by atoms with Crippen LogP contribution in [0.15, 0.2) is 36.4 Å². The second-order valence-electron chi connectivity index (χ2n) is 6.85. The van der Waals surface area contributed by atoms with Gasteiger partial charge in [-0.1, -0.05) is 23.8 Å². The topological polar surface area (TPSA) is 72.5 Å². The summed E-state index contributed by atoms with van der Waals surface area (Å²) in [5, 5.41) is 2.59. The van der Waals surface area contributed by atoms with Crippen LogP contribution in [0.25, 0.3) is 0 Å². The summed E-state index contributed by atoms with van der Waals surface area (Å²) < 4.78 is 5.10. The number of carbonyl (C=O) groups excluding carboxylic acids is 3. The van der Waals surface area contributed by atoms with Gasteiger partial charge in [-0.25, -0.2) is 4.79 Å². The fourth-order valence-electron chi connectivity index (χ4n) is 2.73. The molecule has 1 atom stereocenters. The summed E-state index contributed by atoms with van der Waals surface area (Å²) in [6, 6.07) is 9.96. The number of rotatable bonds is 6. The van der Waals surface area contributed by atoms with Crippen LogP contribution < -0.4 is 5.32 Å². The highest BCUT2D eigenvalue weighted by molar-refractivity contribution is 6.00. The largest absolute Gasteiger partial charge is 0.456 e. The Bertz CT molecular complexity index is 886. The number of aryl methyl sites for hydroxylation is 4. The Kier molecular flexibility index (Phi) is 6.50. The second-order valence-corrected chi connectivity index (χ2v) is 6.85. The predicted octanol–water partition coefficient (Wildman–Crippen LogP) is 3.46. The van der Waals surface area contributed by atoms with Crippen LogP contribution in [0.1, 0.15) is 49.9 Å². The molecule has 0 fully saturated rings. The number of nitrogens with one attached hydrogen (secondary N) is 1. The summed E-state index contributed by atoms with van der Waals surface area (Å²) in [7, 11) is 0. The van der Waals surface area contributed by atoms with Gasteiger partial charge in [0.1, 0.15) is 6.04 Å². The van der Waals surface area contributed by atoms with Crippen molar-refractivity contribution in [1.82, 2.24) is 5.32 Å². The highest BCUT2D eigenvalue weighted by Crippen LogP contribution is 2.16. The van der Waals surface area contributed by atoms with Gasteiger partial charge in [0.25, 0.3) is 5.91 Å². The van der Waals surface area contributed by atoms with Crippen molar-refractivity contribution in [3.63, 3.8) is 0 Å². The van der Waals surface area contributed by atoms with Gasteiger partial charge in [-0.3, -0.25) is 9.59 Å². The number of hydrogen-bond acceptors (Lipinski definition) is 4. The molecule has 142 valence electrons. The van der Waals surface area contributed by atoms with Gasteiger partial charge in [-0.05, 0) is 69.5 Å². The lowest BCUT2D eigenvalue weighted by atomic mass is 9.98. The molecule has 0 aromatic heterocycles. The molecule has 2 aromatic rings. The van der Waals surface area contributed by atoms with Crippen LogP contribution in [0, 0.1) is 27.7 Å². The lowest BCUT2D eigenvalue weighted by Crippen LogP contribution is -2.40. The first-order valence-electron chi connectivity index (χ1n) is 8.84. The SMILES string of the molecule is Cc1cccc(C(=O)N[C@@H](C)C(=O)OCC(=O)c2cc(C)c(C)cc2C)c1. The van der Waals surface area contributed by atoms with E-state index in [1.165, 1.54) is 6.92 Å². The van der Waals surface area contributed by atoms with E-state index in [1.54, 1.807) is 18.2 Å². The van der Waals surface area contributed by atoms with Gasteiger partial charge in [0.2, 0.25) is 5.78 Å². The normalized spacial score (nSPS) is 11.6. The van der Waals surface area contributed by atoms with Crippen molar-refractivity contribution in [2.24, 2.45) is 0 Å². The predicted molar refractivity (Wildman–Crippen MR) is 104 cm³/mol. The van der Waals surface area contributed by atoms with Gasteiger partial charge in [-0.2, -0.15) is 0 Å². The van der Waals surface area contributed by atoms with Gasteiger partial charge < -0.3 is 10.1 Å². The van der Waals surface area contributed by atoms with Crippen molar-refractivity contribution < 1.29 is 19.1 Å². The highest BCUT2D eigenvalue weighted by Gasteiger charge is 2.20. The monoisotopic (exact) mass is 367 g/mol. The van der Waals surface area contributed by atoms with Crippen LogP contribution >= 0.6 is 0 Å². The van der Waals surface area contributed by atoms with Crippen molar-refractivity contribution in [2.75, 3.05) is 6.61 Å². The molecule has 0 aliphatic carbocycles. The summed E-state index contributed by atoms with van der Waals surface area (Å²) in [6.07, 6.45) is 0. The summed E-state index contributed by atoms with van der Waals surface area (Å²) >= 11 is 0. The quantitative estimate of drug-likeness (QED) is 0.627. The van der Waals surface area contributed by atoms with Gasteiger partial charge in [0.05, 0.1) is 0 Å². The van der Waals surface area contributed by atoms with E-state index in [-0.39, 0.29) is 18.3 Å². The fraction of sp³-hybridized carbons (Fsp3) is 0.318. The number of carbonyl (C=O) groups is 3. The molecule has 0 unspecified atom stereocenters. The third-order valence-corrected chi connectivity index (χ3v) is 4.47. The molecule has 0 spiro atoms. The van der Waals surface area contributed by atoms with Crippen LogP contribution in [0.2, 0.25) is 0 Å². The first-order chi connectivity index (χ1) is 12.7. The zero-order valence-electron chi connectivity index (χ0n) is 16.4. The second kappa shape index (κ2) is 8.62. The van der Waals surface area contributed by atoms with Gasteiger partial charge >= 0.3 is 5.97 Å². The number of esters is 1. The summed E-state index contributed by atoms with van der Waals surface area (Å²) in [5.41, 5.74) is 4.92. The Morgan fingerprint density at radius 2 is 1.63 bits per heavy atom. The van der Waals surface area contributed by atoms with Gasteiger partial charge in [0.15, 0.2) is 6.61 Å². The van der Waals surface area contributed by atoms with Crippen molar-refractivity contribution in [1.29, 1.82) is 0 Å². The number of ketones is 1. The Balaban J connectivity index is 1.94. The average Bonchev–Trinajstić information content (AvgIpc) is 2.62. The number of amides is 1. The molecule has 0 aliphatic heterocycles. The maximum absolute atomic E-state index is 12.4. The van der Waals surface area contributed by atoms with Crippen molar-refractivity contribution >= 4 is 17.7 Å². The summed E-state index contributed by atoms with van der Waals surface area (Å²) in [6.45, 7) is 8.82. The molecule has 27 heavy (non-hydrogen) atoms. The van der Waals surface area contributed by atoms with Crippen LogP contribution in [0.4, 0.5) is 0 Å². The Hall–Kier alpha value is -2.95. The van der Waals surface area contributed by atoms with Gasteiger partial charge in [-0.15, -0.1) is 0 Å². The maximum atomic E-state index is 12.4. The first-order valence-corrected chi connectivity index (χ1v) is 8.84. The smallest absolute Gasteiger partial charge is 0.328 e. The maximum Gasteiger partial charge on any atom is 0.328 e. The van der Waals surface area contributed by atoms with E-state index in [0.717, 1.165) is 22.3 Å². The van der Waals surface area contributed by atoms with Crippen molar-refractivity contribution in [2.45, 2.75) is 40.7 Å². The molecule has 2 rings (SSSR count). The number of hydrogen-bond donors (Lipinski definition) is 1. The molecule has 5 heteroatoms. The van der Waals surface area contributed by atoms with Crippen LogP contribution in [-0.4, -0.2) is 30.3 Å². The highest BCUT2D eigenvalue weighted by atomic mass is 16.5. The molecule has 1 amide bonds. The zero-order valence-corrected chi connectivity index (χ0v) is 16.4. The summed E-state index contributed by atoms with van der Waals surface area (Å²) in [5.74, 6) is -1.27. The van der Waals surface area contributed by atoms with E-state index in [0.29, 0.717) is 11.1 Å². The standard InChI is InChI=1S/C22H25NO4/c1-13-7-6-8-18(9-13)21(25)23-17(5)22(26)27-12-20(24)19-11-15(3)14(2)10-16(19)4/h6-11,17H,12H2,1-5H3,(H,23,25)/t17-/m0/s1. The number of ether oxygens (including phenoxy) is 1. The number of Topliss-reactive ketones (excluding diaryl/α,β-unsaturated/α-hetero) is 1. The van der Waals surface area contributed by atoms with Crippen molar-refractivity contribution in [3.8, 4) is 0 Å². The molecule has 0 heterocycles.